The van der Waals surface area contributed by atoms with Gasteiger partial charge in [0, 0.05) is 25.8 Å². The number of carbonyl (C=O) groups is 3. The van der Waals surface area contributed by atoms with Crippen LogP contribution in [0.2, 0.25) is 0 Å². The van der Waals surface area contributed by atoms with Gasteiger partial charge in [0.25, 0.3) is 0 Å². The standard InChI is InChI=1S/C14H19NO4S/c16-11(12-5-4-10-20-12)7-8-13(17)15-9-3-1-2-6-14(18)19/h4-5,10H,1-3,6-9H2,(H,15,17)(H,18,19). The number of hydrogen-bond donors (Lipinski definition) is 2. The second-order valence-electron chi connectivity index (χ2n) is 4.45. The van der Waals surface area contributed by atoms with Crippen molar-refractivity contribution in [3.63, 3.8) is 0 Å². The van der Waals surface area contributed by atoms with Crippen molar-refractivity contribution in [1.82, 2.24) is 5.32 Å². The van der Waals surface area contributed by atoms with Crippen molar-refractivity contribution < 1.29 is 19.5 Å². The smallest absolute Gasteiger partial charge is 0.303 e. The third-order valence-corrected chi connectivity index (χ3v) is 3.68. The lowest BCUT2D eigenvalue weighted by molar-refractivity contribution is -0.137. The van der Waals surface area contributed by atoms with Gasteiger partial charge in [0.15, 0.2) is 5.78 Å². The van der Waals surface area contributed by atoms with Gasteiger partial charge in [-0.05, 0) is 24.3 Å². The highest BCUT2D eigenvalue weighted by Gasteiger charge is 2.09. The van der Waals surface area contributed by atoms with E-state index in [4.69, 9.17) is 5.11 Å². The Hall–Kier alpha value is -1.69. The number of aliphatic carboxylic acids is 1. The Labute approximate surface area is 122 Å². The van der Waals surface area contributed by atoms with Gasteiger partial charge in [-0.25, -0.2) is 0 Å². The molecule has 0 aromatic carbocycles. The minimum Gasteiger partial charge on any atom is -0.481 e. The third kappa shape index (κ3) is 7.04. The van der Waals surface area contributed by atoms with E-state index >= 15 is 0 Å². The normalized spacial score (nSPS) is 10.2. The van der Waals surface area contributed by atoms with Crippen molar-refractivity contribution in [3.05, 3.63) is 22.4 Å². The van der Waals surface area contributed by atoms with Crippen LogP contribution >= 0.6 is 11.3 Å². The van der Waals surface area contributed by atoms with Crippen LogP contribution in [0.15, 0.2) is 17.5 Å². The number of nitrogens with one attached hydrogen (secondary N) is 1. The lowest BCUT2D eigenvalue weighted by atomic mass is 10.1. The quantitative estimate of drug-likeness (QED) is 0.513. The number of hydrogen-bond acceptors (Lipinski definition) is 4. The van der Waals surface area contributed by atoms with Crippen molar-refractivity contribution in [2.24, 2.45) is 0 Å². The maximum absolute atomic E-state index is 11.7. The van der Waals surface area contributed by atoms with Crippen molar-refractivity contribution >= 4 is 29.0 Å². The van der Waals surface area contributed by atoms with E-state index in [0.717, 1.165) is 12.8 Å². The molecule has 0 saturated carbocycles. The summed E-state index contributed by atoms with van der Waals surface area (Å²) < 4.78 is 0. The van der Waals surface area contributed by atoms with Gasteiger partial charge < -0.3 is 10.4 Å². The summed E-state index contributed by atoms with van der Waals surface area (Å²) in [6.45, 7) is 0.533. The van der Waals surface area contributed by atoms with E-state index in [9.17, 15) is 14.4 Å². The van der Waals surface area contributed by atoms with Gasteiger partial charge in [-0.2, -0.15) is 0 Å². The first kappa shape index (κ1) is 16.4. The van der Waals surface area contributed by atoms with Crippen LogP contribution in [0, 0.1) is 0 Å². The topological polar surface area (TPSA) is 83.5 Å². The van der Waals surface area contributed by atoms with E-state index in [1.165, 1.54) is 11.3 Å². The van der Waals surface area contributed by atoms with Crippen LogP contribution in [-0.2, 0) is 9.59 Å². The first-order valence-electron chi connectivity index (χ1n) is 6.65. The molecule has 0 radical (unpaired) electrons. The van der Waals surface area contributed by atoms with Crippen molar-refractivity contribution in [2.45, 2.75) is 38.5 Å². The molecule has 0 aliphatic carbocycles. The highest BCUT2D eigenvalue weighted by atomic mass is 32.1. The Morgan fingerprint density at radius 3 is 2.55 bits per heavy atom. The average molecular weight is 297 g/mol. The molecule has 20 heavy (non-hydrogen) atoms. The van der Waals surface area contributed by atoms with Crippen LogP contribution in [0.3, 0.4) is 0 Å². The number of amides is 1. The molecule has 6 heteroatoms. The van der Waals surface area contributed by atoms with E-state index in [1.807, 2.05) is 11.4 Å². The summed E-state index contributed by atoms with van der Waals surface area (Å²) in [6.07, 6.45) is 2.77. The second kappa shape index (κ2) is 9.25. The molecule has 1 aromatic rings. The summed E-state index contributed by atoms with van der Waals surface area (Å²) in [5.74, 6) is -0.925. The molecule has 1 heterocycles. The van der Waals surface area contributed by atoms with Crippen LogP contribution in [-0.4, -0.2) is 29.3 Å². The van der Waals surface area contributed by atoms with E-state index in [0.29, 0.717) is 17.8 Å². The Morgan fingerprint density at radius 2 is 1.90 bits per heavy atom. The maximum atomic E-state index is 11.7. The molecule has 110 valence electrons. The van der Waals surface area contributed by atoms with Gasteiger partial charge in [0.05, 0.1) is 4.88 Å². The summed E-state index contributed by atoms with van der Waals surface area (Å²) in [5, 5.41) is 13.0. The predicted octanol–water partition coefficient (Wildman–Crippen LogP) is 2.47. The first-order chi connectivity index (χ1) is 9.59. The number of thiophene rings is 1. The molecule has 2 N–H and O–H groups in total. The number of unbranched alkanes of at least 4 members (excludes halogenated alkanes) is 2. The van der Waals surface area contributed by atoms with Gasteiger partial charge in [0.2, 0.25) is 5.91 Å². The summed E-state index contributed by atoms with van der Waals surface area (Å²) >= 11 is 1.38. The molecule has 0 bridgehead atoms. The van der Waals surface area contributed by atoms with Gasteiger partial charge in [0.1, 0.15) is 0 Å². The molecule has 0 saturated heterocycles. The van der Waals surface area contributed by atoms with E-state index in [-0.39, 0.29) is 31.0 Å². The molecule has 0 unspecified atom stereocenters. The SMILES string of the molecule is O=C(O)CCCCCNC(=O)CCC(=O)c1cccs1. The van der Waals surface area contributed by atoms with Crippen LogP contribution in [0.25, 0.3) is 0 Å². The molecule has 1 amide bonds. The van der Waals surface area contributed by atoms with Crippen molar-refractivity contribution in [2.75, 3.05) is 6.54 Å². The molecule has 0 spiro atoms. The molecule has 0 fully saturated rings. The van der Waals surface area contributed by atoms with Crippen LogP contribution in [0.4, 0.5) is 0 Å². The molecule has 5 nitrogen and oxygen atoms in total. The monoisotopic (exact) mass is 297 g/mol. The summed E-state index contributed by atoms with van der Waals surface area (Å²) in [6, 6.07) is 3.57. The van der Waals surface area contributed by atoms with Gasteiger partial charge in [-0.1, -0.05) is 12.5 Å². The van der Waals surface area contributed by atoms with E-state index in [2.05, 4.69) is 5.32 Å². The number of Topliss-reactive ketones (excluding diaryl/α,β-unsaturated/α-hetero) is 1. The zero-order valence-electron chi connectivity index (χ0n) is 11.3. The van der Waals surface area contributed by atoms with Gasteiger partial charge in [-0.3, -0.25) is 14.4 Å². The fraction of sp³-hybridized carbons (Fsp3) is 0.500. The molecule has 1 aromatic heterocycles. The Balaban J connectivity index is 2.03. The van der Waals surface area contributed by atoms with E-state index < -0.39 is 5.97 Å². The number of carboxylic acid groups (broad SMARTS) is 1. The molecule has 1 rings (SSSR count). The van der Waals surface area contributed by atoms with Gasteiger partial charge >= 0.3 is 5.97 Å². The van der Waals surface area contributed by atoms with Gasteiger partial charge in [-0.15, -0.1) is 11.3 Å². The number of ketones is 1. The maximum Gasteiger partial charge on any atom is 0.303 e. The largest absolute Gasteiger partial charge is 0.481 e. The Morgan fingerprint density at radius 1 is 1.10 bits per heavy atom. The second-order valence-corrected chi connectivity index (χ2v) is 5.40. The minimum atomic E-state index is -0.791. The highest BCUT2D eigenvalue weighted by Crippen LogP contribution is 2.12. The fourth-order valence-corrected chi connectivity index (χ4v) is 2.38. The fourth-order valence-electron chi connectivity index (χ4n) is 1.68. The first-order valence-corrected chi connectivity index (χ1v) is 7.53. The Kier molecular flexibility index (Phi) is 7.57. The van der Waals surface area contributed by atoms with Crippen LogP contribution in [0.5, 0.6) is 0 Å². The van der Waals surface area contributed by atoms with Crippen LogP contribution < -0.4 is 5.32 Å². The van der Waals surface area contributed by atoms with E-state index in [1.54, 1.807) is 6.07 Å². The number of rotatable bonds is 10. The lowest BCUT2D eigenvalue weighted by Gasteiger charge is -2.04. The molecular formula is C14H19NO4S. The lowest BCUT2D eigenvalue weighted by Crippen LogP contribution is -2.24. The summed E-state index contributed by atoms with van der Waals surface area (Å²) in [4.78, 5) is 34.1. The van der Waals surface area contributed by atoms with Crippen molar-refractivity contribution in [1.29, 1.82) is 0 Å². The zero-order chi connectivity index (χ0) is 14.8. The minimum absolute atomic E-state index is 0.00314. The predicted molar refractivity (Wildman–Crippen MR) is 77.0 cm³/mol. The van der Waals surface area contributed by atoms with Crippen molar-refractivity contribution in [3.8, 4) is 0 Å². The molecule has 0 atom stereocenters. The molecular weight excluding hydrogens is 278 g/mol. The molecule has 0 aliphatic heterocycles. The number of carbonyl (C=O) groups excluding carboxylic acids is 2. The third-order valence-electron chi connectivity index (χ3n) is 2.76. The summed E-state index contributed by atoms with van der Waals surface area (Å²) in [5.41, 5.74) is 0. The summed E-state index contributed by atoms with van der Waals surface area (Å²) in [7, 11) is 0. The molecule has 0 aliphatic rings. The Bertz CT molecular complexity index is 442. The van der Waals surface area contributed by atoms with Crippen LogP contribution in [0.1, 0.15) is 48.2 Å². The zero-order valence-corrected chi connectivity index (χ0v) is 12.1. The number of carboxylic acids is 1. The average Bonchev–Trinajstić information content (AvgIpc) is 2.93. The highest BCUT2D eigenvalue weighted by molar-refractivity contribution is 7.12.